The van der Waals surface area contributed by atoms with E-state index in [1.165, 1.54) is 12.1 Å². The Balaban J connectivity index is 2.16. The molecule has 1 aliphatic carbocycles. The monoisotopic (exact) mass is 336 g/mol. The molecule has 1 aromatic rings. The Morgan fingerprint density at radius 2 is 2.05 bits per heavy atom. The lowest BCUT2D eigenvalue weighted by Gasteiger charge is -2.17. The van der Waals surface area contributed by atoms with Crippen LogP contribution in [0.5, 0.6) is 0 Å². The van der Waals surface area contributed by atoms with Gasteiger partial charge in [0, 0.05) is 6.54 Å². The summed E-state index contributed by atoms with van der Waals surface area (Å²) in [6.07, 6.45) is 3.36. The van der Waals surface area contributed by atoms with Crippen molar-refractivity contribution in [2.45, 2.75) is 31.1 Å². The lowest BCUT2D eigenvalue weighted by atomic mass is 9.99. The zero-order valence-electron chi connectivity index (χ0n) is 11.2. The van der Waals surface area contributed by atoms with E-state index in [0.717, 1.165) is 19.3 Å². The third-order valence-electron chi connectivity index (χ3n) is 3.96. The summed E-state index contributed by atoms with van der Waals surface area (Å²) < 4.78 is 27.2. The first-order valence-corrected chi connectivity index (χ1v) is 8.80. The van der Waals surface area contributed by atoms with Gasteiger partial charge in [-0.05, 0) is 30.4 Å². The molecule has 0 bridgehead atoms. The third-order valence-corrected chi connectivity index (χ3v) is 6.27. The number of benzene rings is 1. The van der Waals surface area contributed by atoms with Crippen molar-refractivity contribution >= 4 is 38.9 Å². The van der Waals surface area contributed by atoms with Crippen molar-refractivity contribution in [1.82, 2.24) is 4.72 Å². The standard InChI is InChI=1S/C13H18Cl2N2O2S/c1-8-3-2-4-9(8)7-17-20(18,19)11-6-5-10(14)13(16)12(11)15/h5-6,8-9,17H,2-4,7,16H2,1H3. The molecule has 1 aliphatic rings. The normalized spacial score (nSPS) is 23.1. The van der Waals surface area contributed by atoms with E-state index >= 15 is 0 Å². The fourth-order valence-corrected chi connectivity index (χ4v) is 4.43. The van der Waals surface area contributed by atoms with Gasteiger partial charge >= 0.3 is 0 Å². The number of hydrogen-bond donors (Lipinski definition) is 2. The predicted octanol–water partition coefficient (Wildman–Crippen LogP) is 3.29. The van der Waals surface area contributed by atoms with Gasteiger partial charge in [0.2, 0.25) is 10.0 Å². The molecule has 0 heterocycles. The minimum Gasteiger partial charge on any atom is -0.396 e. The lowest BCUT2D eigenvalue weighted by molar-refractivity contribution is 0.414. The molecule has 1 aromatic carbocycles. The molecule has 0 amide bonds. The fourth-order valence-electron chi connectivity index (χ4n) is 2.58. The first-order chi connectivity index (χ1) is 9.33. The second-order valence-corrected chi connectivity index (χ2v) is 7.81. The minimum atomic E-state index is -3.66. The summed E-state index contributed by atoms with van der Waals surface area (Å²) in [5, 5.41) is 0.225. The summed E-state index contributed by atoms with van der Waals surface area (Å²) in [6.45, 7) is 2.58. The van der Waals surface area contributed by atoms with Gasteiger partial charge in [0.1, 0.15) is 4.90 Å². The summed E-state index contributed by atoms with van der Waals surface area (Å²) in [5.41, 5.74) is 5.75. The van der Waals surface area contributed by atoms with Crippen molar-refractivity contribution in [2.24, 2.45) is 11.8 Å². The van der Waals surface area contributed by atoms with E-state index in [2.05, 4.69) is 11.6 Å². The van der Waals surface area contributed by atoms with Crippen LogP contribution in [0.4, 0.5) is 5.69 Å². The molecular weight excluding hydrogens is 319 g/mol. The SMILES string of the molecule is CC1CCCC1CNS(=O)(=O)c1ccc(Cl)c(N)c1Cl. The van der Waals surface area contributed by atoms with Crippen LogP contribution >= 0.6 is 23.2 Å². The van der Waals surface area contributed by atoms with E-state index in [1.807, 2.05) is 0 Å². The van der Waals surface area contributed by atoms with Gasteiger partial charge in [0.05, 0.1) is 15.7 Å². The topological polar surface area (TPSA) is 72.2 Å². The van der Waals surface area contributed by atoms with Crippen LogP contribution in [0.3, 0.4) is 0 Å². The van der Waals surface area contributed by atoms with E-state index in [1.54, 1.807) is 0 Å². The van der Waals surface area contributed by atoms with E-state index in [9.17, 15) is 8.42 Å². The zero-order valence-corrected chi connectivity index (χ0v) is 13.5. The van der Waals surface area contributed by atoms with Crippen LogP contribution in [0.2, 0.25) is 10.0 Å². The molecule has 0 aromatic heterocycles. The molecule has 0 spiro atoms. The summed E-state index contributed by atoms with van der Waals surface area (Å²) in [7, 11) is -3.66. The number of sulfonamides is 1. The molecule has 1 fully saturated rings. The zero-order chi connectivity index (χ0) is 14.9. The van der Waals surface area contributed by atoms with Gasteiger partial charge in [-0.25, -0.2) is 13.1 Å². The molecule has 7 heteroatoms. The third kappa shape index (κ3) is 3.22. The summed E-state index contributed by atoms with van der Waals surface area (Å²) in [5.74, 6) is 0.927. The Labute approximate surface area is 129 Å². The van der Waals surface area contributed by atoms with Gasteiger partial charge in [0.15, 0.2) is 0 Å². The van der Waals surface area contributed by atoms with E-state index in [-0.39, 0.29) is 20.6 Å². The lowest BCUT2D eigenvalue weighted by Crippen LogP contribution is -2.30. The van der Waals surface area contributed by atoms with Gasteiger partial charge in [-0.1, -0.05) is 43.0 Å². The molecule has 2 unspecified atom stereocenters. The van der Waals surface area contributed by atoms with E-state index in [0.29, 0.717) is 18.4 Å². The molecule has 0 saturated heterocycles. The molecule has 2 rings (SSSR count). The number of hydrogen-bond acceptors (Lipinski definition) is 3. The van der Waals surface area contributed by atoms with E-state index < -0.39 is 10.0 Å². The maximum absolute atomic E-state index is 12.3. The Kier molecular flexibility index (Phi) is 4.84. The Bertz CT molecular complexity index is 605. The highest BCUT2D eigenvalue weighted by Crippen LogP contribution is 2.34. The summed E-state index contributed by atoms with van der Waals surface area (Å²) in [6, 6.07) is 2.82. The Hall–Kier alpha value is -0.490. The fraction of sp³-hybridized carbons (Fsp3) is 0.538. The molecule has 20 heavy (non-hydrogen) atoms. The number of anilines is 1. The number of rotatable bonds is 4. The van der Waals surface area contributed by atoms with E-state index in [4.69, 9.17) is 28.9 Å². The molecule has 1 saturated carbocycles. The minimum absolute atomic E-state index is 0.0216. The number of halogens is 2. The Morgan fingerprint density at radius 3 is 2.65 bits per heavy atom. The van der Waals surface area contributed by atoms with Gasteiger partial charge in [-0.2, -0.15) is 0 Å². The average molecular weight is 337 g/mol. The second kappa shape index (κ2) is 6.10. The maximum atomic E-state index is 12.3. The summed E-state index contributed by atoms with van der Waals surface area (Å²) in [4.78, 5) is -0.0216. The highest BCUT2D eigenvalue weighted by Gasteiger charge is 2.26. The van der Waals surface area contributed by atoms with Crippen molar-refractivity contribution in [3.05, 3.63) is 22.2 Å². The largest absolute Gasteiger partial charge is 0.396 e. The maximum Gasteiger partial charge on any atom is 0.242 e. The van der Waals surface area contributed by atoms with Crippen LogP contribution in [0.25, 0.3) is 0 Å². The molecule has 0 aliphatic heterocycles. The first-order valence-electron chi connectivity index (χ1n) is 6.56. The van der Waals surface area contributed by atoms with Crippen molar-refractivity contribution in [1.29, 1.82) is 0 Å². The highest BCUT2D eigenvalue weighted by molar-refractivity contribution is 7.89. The van der Waals surface area contributed by atoms with Crippen LogP contribution in [0, 0.1) is 11.8 Å². The van der Waals surface area contributed by atoms with Gasteiger partial charge < -0.3 is 5.73 Å². The molecule has 112 valence electrons. The molecular formula is C13H18Cl2N2O2S. The van der Waals surface area contributed by atoms with Crippen molar-refractivity contribution < 1.29 is 8.42 Å². The van der Waals surface area contributed by atoms with Crippen LogP contribution in [-0.2, 0) is 10.0 Å². The number of nitrogens with one attached hydrogen (secondary N) is 1. The van der Waals surface area contributed by atoms with Crippen molar-refractivity contribution in [3.63, 3.8) is 0 Å². The molecule has 0 radical (unpaired) electrons. The first kappa shape index (κ1) is 15.9. The van der Waals surface area contributed by atoms with Crippen LogP contribution in [0.1, 0.15) is 26.2 Å². The number of nitrogens with two attached hydrogens (primary N) is 1. The quantitative estimate of drug-likeness (QED) is 0.828. The van der Waals surface area contributed by atoms with Gasteiger partial charge in [-0.3, -0.25) is 0 Å². The van der Waals surface area contributed by atoms with Crippen molar-refractivity contribution in [2.75, 3.05) is 12.3 Å². The molecule has 4 nitrogen and oxygen atoms in total. The smallest absolute Gasteiger partial charge is 0.242 e. The number of nitrogen functional groups attached to an aromatic ring is 1. The van der Waals surface area contributed by atoms with Gasteiger partial charge in [0.25, 0.3) is 0 Å². The second-order valence-electron chi connectivity index (χ2n) is 5.29. The summed E-state index contributed by atoms with van der Waals surface area (Å²) >= 11 is 11.8. The van der Waals surface area contributed by atoms with Crippen molar-refractivity contribution in [3.8, 4) is 0 Å². The highest BCUT2D eigenvalue weighted by atomic mass is 35.5. The average Bonchev–Trinajstić information content (AvgIpc) is 2.79. The predicted molar refractivity (Wildman–Crippen MR) is 82.6 cm³/mol. The van der Waals surface area contributed by atoms with Gasteiger partial charge in [-0.15, -0.1) is 0 Å². The molecule has 2 atom stereocenters. The Morgan fingerprint density at radius 1 is 1.35 bits per heavy atom. The van der Waals surface area contributed by atoms with Crippen LogP contribution < -0.4 is 10.5 Å². The van der Waals surface area contributed by atoms with Crippen LogP contribution in [0.15, 0.2) is 17.0 Å². The van der Waals surface area contributed by atoms with Crippen LogP contribution in [-0.4, -0.2) is 15.0 Å². The molecule has 3 N–H and O–H groups in total.